The van der Waals surface area contributed by atoms with Crippen molar-refractivity contribution >= 4 is 17.7 Å². The molecule has 0 saturated carbocycles. The van der Waals surface area contributed by atoms with Crippen LogP contribution in [0.15, 0.2) is 36.4 Å². The lowest BCUT2D eigenvalue weighted by Gasteiger charge is -2.38. The van der Waals surface area contributed by atoms with Gasteiger partial charge in [-0.25, -0.2) is 4.39 Å². The summed E-state index contributed by atoms with van der Waals surface area (Å²) in [5.41, 5.74) is 3.77. The molecule has 7 heteroatoms. The van der Waals surface area contributed by atoms with Crippen LogP contribution in [0.2, 0.25) is 0 Å². The first-order chi connectivity index (χ1) is 15.2. The van der Waals surface area contributed by atoms with E-state index in [1.54, 1.807) is 0 Å². The molecule has 0 aliphatic carbocycles. The number of halogens is 1. The molecule has 2 aliphatic rings. The number of fused-ring (bicyclic) bond motifs is 3. The van der Waals surface area contributed by atoms with Gasteiger partial charge in [-0.05, 0) is 42.7 Å². The summed E-state index contributed by atoms with van der Waals surface area (Å²) in [6.07, 6.45) is 2.82. The lowest BCUT2D eigenvalue weighted by Crippen LogP contribution is -2.47. The molecule has 1 saturated heterocycles. The summed E-state index contributed by atoms with van der Waals surface area (Å²) < 4.78 is 19.0. The SMILES string of the molecule is CNc1cccc2c1N(CC=O)C1CCN(CCCOc3ccc(F)cc3C#N)CC21. The second kappa shape index (κ2) is 9.36. The predicted molar refractivity (Wildman–Crippen MR) is 118 cm³/mol. The molecule has 2 unspecified atom stereocenters. The van der Waals surface area contributed by atoms with E-state index in [0.717, 1.165) is 50.1 Å². The normalized spacial score (nSPS) is 20.0. The monoisotopic (exact) mass is 422 g/mol. The average Bonchev–Trinajstić information content (AvgIpc) is 3.11. The van der Waals surface area contributed by atoms with Crippen LogP contribution in [0.4, 0.5) is 15.8 Å². The van der Waals surface area contributed by atoms with Gasteiger partial charge in [0, 0.05) is 38.6 Å². The van der Waals surface area contributed by atoms with Gasteiger partial charge in [-0.15, -0.1) is 0 Å². The number of hydrogen-bond donors (Lipinski definition) is 1. The molecule has 1 N–H and O–H groups in total. The molecule has 0 bridgehead atoms. The number of rotatable bonds is 8. The summed E-state index contributed by atoms with van der Waals surface area (Å²) in [6.45, 7) is 3.70. The smallest absolute Gasteiger partial charge is 0.139 e. The molecule has 2 atom stereocenters. The van der Waals surface area contributed by atoms with E-state index in [1.165, 1.54) is 23.8 Å². The molecule has 0 aromatic heterocycles. The summed E-state index contributed by atoms with van der Waals surface area (Å²) in [6, 6.07) is 12.7. The Balaban J connectivity index is 1.37. The first kappa shape index (κ1) is 21.1. The van der Waals surface area contributed by atoms with Gasteiger partial charge in [0.25, 0.3) is 0 Å². The molecule has 0 amide bonds. The lowest BCUT2D eigenvalue weighted by molar-refractivity contribution is -0.106. The number of carbonyl (C=O) groups is 1. The van der Waals surface area contributed by atoms with Gasteiger partial charge in [0.05, 0.1) is 30.1 Å². The summed E-state index contributed by atoms with van der Waals surface area (Å²) in [7, 11) is 1.92. The fraction of sp³-hybridized carbons (Fsp3) is 0.417. The Morgan fingerprint density at radius 2 is 2.23 bits per heavy atom. The molecule has 1 fully saturated rings. The van der Waals surface area contributed by atoms with Gasteiger partial charge in [0.1, 0.15) is 23.9 Å². The van der Waals surface area contributed by atoms with E-state index in [1.807, 2.05) is 13.1 Å². The molecule has 2 aromatic rings. The average molecular weight is 423 g/mol. The fourth-order valence-corrected chi connectivity index (χ4v) is 4.93. The maximum absolute atomic E-state index is 13.3. The minimum absolute atomic E-state index is 0.221. The van der Waals surface area contributed by atoms with Crippen LogP contribution in [-0.2, 0) is 4.79 Å². The van der Waals surface area contributed by atoms with Crippen LogP contribution in [0.25, 0.3) is 0 Å². The zero-order chi connectivity index (χ0) is 21.8. The van der Waals surface area contributed by atoms with E-state index in [0.29, 0.717) is 30.9 Å². The molecular weight excluding hydrogens is 395 g/mol. The minimum Gasteiger partial charge on any atom is -0.492 e. The standard InChI is InChI=1S/C24H27FN4O2/c1-27-21-5-2-4-19-20-16-28(10-8-22(20)29(11-12-30)24(19)21)9-3-13-31-23-7-6-18(25)14-17(23)15-26/h2,4-7,12,14,20,22,27H,3,8-11,13,16H2,1H3. The van der Waals surface area contributed by atoms with Crippen molar-refractivity contribution in [2.75, 3.05) is 50.1 Å². The van der Waals surface area contributed by atoms with Crippen molar-refractivity contribution in [3.05, 3.63) is 53.3 Å². The topological polar surface area (TPSA) is 68.6 Å². The van der Waals surface area contributed by atoms with Gasteiger partial charge in [-0.1, -0.05) is 12.1 Å². The number of nitrogens with zero attached hydrogens (tertiary/aromatic N) is 3. The first-order valence-corrected chi connectivity index (χ1v) is 10.7. The molecule has 162 valence electrons. The third-order valence-corrected chi connectivity index (χ3v) is 6.29. The van der Waals surface area contributed by atoms with Crippen molar-refractivity contribution in [1.82, 2.24) is 4.90 Å². The van der Waals surface area contributed by atoms with E-state index in [2.05, 4.69) is 33.3 Å². The van der Waals surface area contributed by atoms with Crippen molar-refractivity contribution in [2.45, 2.75) is 24.8 Å². The van der Waals surface area contributed by atoms with Gasteiger partial charge >= 0.3 is 0 Å². The Hall–Kier alpha value is -3.11. The summed E-state index contributed by atoms with van der Waals surface area (Å²) >= 11 is 0. The molecular formula is C24H27FN4O2. The van der Waals surface area contributed by atoms with Crippen LogP contribution in [-0.4, -0.2) is 57.1 Å². The molecule has 0 spiro atoms. The van der Waals surface area contributed by atoms with Crippen molar-refractivity contribution in [2.24, 2.45) is 0 Å². The Morgan fingerprint density at radius 1 is 1.35 bits per heavy atom. The Morgan fingerprint density at radius 3 is 3.00 bits per heavy atom. The zero-order valence-corrected chi connectivity index (χ0v) is 17.7. The van der Waals surface area contributed by atoms with Crippen molar-refractivity contribution in [3.8, 4) is 11.8 Å². The summed E-state index contributed by atoms with van der Waals surface area (Å²) in [5.74, 6) is 0.366. The van der Waals surface area contributed by atoms with Gasteiger partial charge in [0.15, 0.2) is 0 Å². The van der Waals surface area contributed by atoms with Gasteiger partial charge in [0.2, 0.25) is 0 Å². The second-order valence-corrected chi connectivity index (χ2v) is 8.03. The van der Waals surface area contributed by atoms with Gasteiger partial charge in [-0.2, -0.15) is 5.26 Å². The number of nitriles is 1. The maximum atomic E-state index is 13.3. The minimum atomic E-state index is -0.436. The number of benzene rings is 2. The van der Waals surface area contributed by atoms with Crippen LogP contribution >= 0.6 is 0 Å². The first-order valence-electron chi connectivity index (χ1n) is 10.7. The van der Waals surface area contributed by atoms with Crippen LogP contribution in [0.1, 0.15) is 29.9 Å². The maximum Gasteiger partial charge on any atom is 0.139 e. The molecule has 6 nitrogen and oxygen atoms in total. The quantitative estimate of drug-likeness (QED) is 0.520. The lowest BCUT2D eigenvalue weighted by atomic mass is 9.89. The van der Waals surface area contributed by atoms with Crippen LogP contribution in [0.5, 0.6) is 5.75 Å². The number of hydrogen-bond acceptors (Lipinski definition) is 6. The van der Waals surface area contributed by atoms with E-state index < -0.39 is 5.82 Å². The molecule has 31 heavy (non-hydrogen) atoms. The van der Waals surface area contributed by atoms with E-state index >= 15 is 0 Å². The zero-order valence-electron chi connectivity index (χ0n) is 17.7. The highest BCUT2D eigenvalue weighted by Crippen LogP contribution is 2.47. The number of ether oxygens (including phenoxy) is 1. The van der Waals surface area contributed by atoms with Gasteiger partial charge in [-0.3, -0.25) is 0 Å². The molecule has 2 heterocycles. The number of anilines is 2. The van der Waals surface area contributed by atoms with E-state index in [4.69, 9.17) is 10.00 Å². The van der Waals surface area contributed by atoms with E-state index in [-0.39, 0.29) is 5.56 Å². The largest absolute Gasteiger partial charge is 0.492 e. The van der Waals surface area contributed by atoms with Crippen molar-refractivity contribution < 1.29 is 13.9 Å². The number of para-hydroxylation sites is 1. The molecule has 2 aliphatic heterocycles. The van der Waals surface area contributed by atoms with Crippen LogP contribution in [0.3, 0.4) is 0 Å². The predicted octanol–water partition coefficient (Wildman–Crippen LogP) is 3.38. The van der Waals surface area contributed by atoms with Crippen molar-refractivity contribution in [3.63, 3.8) is 0 Å². The van der Waals surface area contributed by atoms with Gasteiger partial charge < -0.3 is 24.6 Å². The van der Waals surface area contributed by atoms with Crippen LogP contribution in [0, 0.1) is 17.1 Å². The summed E-state index contributed by atoms with van der Waals surface area (Å²) in [5, 5.41) is 12.4. The summed E-state index contributed by atoms with van der Waals surface area (Å²) in [4.78, 5) is 16.0. The van der Waals surface area contributed by atoms with E-state index in [9.17, 15) is 9.18 Å². The number of likely N-dealkylation sites (tertiary alicyclic amines) is 1. The second-order valence-electron chi connectivity index (χ2n) is 8.03. The number of piperidine rings is 1. The Labute approximate surface area is 182 Å². The highest BCUT2D eigenvalue weighted by molar-refractivity contribution is 5.80. The van der Waals surface area contributed by atoms with Crippen molar-refractivity contribution in [1.29, 1.82) is 5.26 Å². The highest BCUT2D eigenvalue weighted by atomic mass is 19.1. The molecule has 4 rings (SSSR count). The Kier molecular flexibility index (Phi) is 6.38. The number of aldehydes is 1. The Bertz CT molecular complexity index is 990. The third kappa shape index (κ3) is 4.21. The number of nitrogens with one attached hydrogen (secondary N) is 1. The van der Waals surface area contributed by atoms with Crippen LogP contribution < -0.4 is 15.0 Å². The third-order valence-electron chi connectivity index (χ3n) is 6.29. The molecule has 2 aromatic carbocycles. The number of carbonyl (C=O) groups excluding carboxylic acids is 1. The molecule has 0 radical (unpaired) electrons. The highest BCUT2D eigenvalue weighted by Gasteiger charge is 2.42. The fourth-order valence-electron chi connectivity index (χ4n) is 4.93.